The zero-order valence-electron chi connectivity index (χ0n) is 11.8. The smallest absolute Gasteiger partial charge is 0.423 e. The first-order chi connectivity index (χ1) is 9.06. The highest BCUT2D eigenvalue weighted by Gasteiger charge is 2.19. The molecule has 1 aromatic rings. The van der Waals surface area contributed by atoms with E-state index in [1.807, 2.05) is 12.1 Å². The second-order valence-electron chi connectivity index (χ2n) is 5.55. The maximum absolute atomic E-state index is 9.08. The maximum atomic E-state index is 9.08. The highest BCUT2D eigenvalue weighted by molar-refractivity contribution is 6.58. The van der Waals surface area contributed by atoms with E-state index >= 15 is 0 Å². The van der Waals surface area contributed by atoms with Crippen molar-refractivity contribution in [2.75, 3.05) is 26.7 Å². The second-order valence-corrected chi connectivity index (χ2v) is 5.55. The van der Waals surface area contributed by atoms with Gasteiger partial charge in [0.2, 0.25) is 0 Å². The van der Waals surface area contributed by atoms with Crippen molar-refractivity contribution in [1.82, 2.24) is 9.80 Å². The van der Waals surface area contributed by atoms with Gasteiger partial charge in [-0.1, -0.05) is 24.3 Å². The molecule has 1 unspecified atom stereocenters. The molecule has 1 heterocycles. The van der Waals surface area contributed by atoms with E-state index in [0.29, 0.717) is 11.5 Å². The topological polar surface area (TPSA) is 46.9 Å². The minimum Gasteiger partial charge on any atom is -0.423 e. The lowest BCUT2D eigenvalue weighted by molar-refractivity contribution is 0.194. The van der Waals surface area contributed by atoms with Crippen molar-refractivity contribution in [1.29, 1.82) is 0 Å². The van der Waals surface area contributed by atoms with Gasteiger partial charge in [0.25, 0.3) is 0 Å². The van der Waals surface area contributed by atoms with Crippen molar-refractivity contribution in [2.24, 2.45) is 0 Å². The Balaban J connectivity index is 1.99. The third kappa shape index (κ3) is 4.04. The molecular formula is C14H23BN2O2. The molecule has 4 nitrogen and oxygen atoms in total. The van der Waals surface area contributed by atoms with Gasteiger partial charge in [-0.25, -0.2) is 0 Å². The standard InChI is InChI=1S/C14H23BN2O2/c1-12-10-16(2)8-3-9-17(12)11-13-4-6-14(7-5-13)15(18)19/h4-7,12,18-19H,3,8-11H2,1-2H3. The van der Waals surface area contributed by atoms with Gasteiger partial charge in [0.15, 0.2) is 0 Å². The summed E-state index contributed by atoms with van der Waals surface area (Å²) in [5.74, 6) is 0. The number of hydrogen-bond donors (Lipinski definition) is 2. The van der Waals surface area contributed by atoms with Crippen LogP contribution < -0.4 is 5.46 Å². The predicted octanol–water partition coefficient (Wildman–Crippen LogP) is -0.108. The fraction of sp³-hybridized carbons (Fsp3) is 0.571. The first-order valence-corrected chi connectivity index (χ1v) is 6.94. The lowest BCUT2D eigenvalue weighted by atomic mass is 9.80. The van der Waals surface area contributed by atoms with Crippen molar-refractivity contribution in [2.45, 2.75) is 25.9 Å². The van der Waals surface area contributed by atoms with Crippen molar-refractivity contribution < 1.29 is 10.0 Å². The van der Waals surface area contributed by atoms with E-state index in [9.17, 15) is 0 Å². The quantitative estimate of drug-likeness (QED) is 0.746. The Labute approximate surface area is 115 Å². The molecule has 2 N–H and O–H groups in total. The molecule has 0 aromatic heterocycles. The van der Waals surface area contributed by atoms with Gasteiger partial charge in [0, 0.05) is 25.7 Å². The molecule has 5 heteroatoms. The van der Waals surface area contributed by atoms with Crippen LogP contribution in [0.3, 0.4) is 0 Å². The van der Waals surface area contributed by atoms with E-state index in [-0.39, 0.29) is 0 Å². The summed E-state index contributed by atoms with van der Waals surface area (Å²) in [5, 5.41) is 18.2. The summed E-state index contributed by atoms with van der Waals surface area (Å²) in [6.45, 7) is 6.59. The van der Waals surface area contributed by atoms with Crippen LogP contribution in [0, 0.1) is 0 Å². The summed E-state index contributed by atoms with van der Waals surface area (Å²) in [6, 6.07) is 8.09. The Kier molecular flexibility index (Phi) is 4.99. The maximum Gasteiger partial charge on any atom is 0.488 e. The van der Waals surface area contributed by atoms with Gasteiger partial charge in [0.1, 0.15) is 0 Å². The molecule has 0 spiro atoms. The monoisotopic (exact) mass is 262 g/mol. The second kappa shape index (κ2) is 6.52. The molecule has 0 saturated carbocycles. The Morgan fingerprint density at radius 1 is 1.21 bits per heavy atom. The zero-order valence-corrected chi connectivity index (χ0v) is 11.8. The molecule has 0 radical (unpaired) electrons. The Bertz CT molecular complexity index is 397. The van der Waals surface area contributed by atoms with Crippen LogP contribution in [0.4, 0.5) is 0 Å². The summed E-state index contributed by atoms with van der Waals surface area (Å²) in [7, 11) is 0.803. The van der Waals surface area contributed by atoms with E-state index in [4.69, 9.17) is 10.0 Å². The molecule has 1 atom stereocenters. The molecular weight excluding hydrogens is 239 g/mol. The van der Waals surface area contributed by atoms with Crippen LogP contribution in [0.25, 0.3) is 0 Å². The normalized spacial score (nSPS) is 22.2. The van der Waals surface area contributed by atoms with Crippen LogP contribution in [-0.2, 0) is 6.54 Å². The van der Waals surface area contributed by atoms with Gasteiger partial charge in [0.05, 0.1) is 0 Å². The first kappa shape index (κ1) is 14.5. The van der Waals surface area contributed by atoms with Crippen LogP contribution in [0.1, 0.15) is 18.9 Å². The molecule has 0 aliphatic carbocycles. The van der Waals surface area contributed by atoms with Gasteiger partial charge in [-0.05, 0) is 38.0 Å². The van der Waals surface area contributed by atoms with E-state index < -0.39 is 7.12 Å². The number of hydrogen-bond acceptors (Lipinski definition) is 4. The lowest BCUT2D eigenvalue weighted by Crippen LogP contribution is -2.37. The highest BCUT2D eigenvalue weighted by atomic mass is 16.4. The molecule has 0 amide bonds. The third-order valence-corrected chi connectivity index (χ3v) is 3.85. The molecule has 1 fully saturated rings. The minimum atomic E-state index is -1.38. The molecule has 1 aromatic carbocycles. The van der Waals surface area contributed by atoms with E-state index in [2.05, 4.69) is 23.8 Å². The van der Waals surface area contributed by atoms with Gasteiger partial charge in [-0.3, -0.25) is 4.90 Å². The van der Waals surface area contributed by atoms with Crippen LogP contribution in [0.2, 0.25) is 0 Å². The zero-order chi connectivity index (χ0) is 13.8. The lowest BCUT2D eigenvalue weighted by Gasteiger charge is -2.27. The molecule has 19 heavy (non-hydrogen) atoms. The summed E-state index contributed by atoms with van der Waals surface area (Å²) in [4.78, 5) is 4.88. The highest BCUT2D eigenvalue weighted by Crippen LogP contribution is 2.12. The molecule has 104 valence electrons. The Morgan fingerprint density at radius 2 is 1.89 bits per heavy atom. The third-order valence-electron chi connectivity index (χ3n) is 3.85. The average Bonchev–Trinajstić information content (AvgIpc) is 2.52. The fourth-order valence-electron chi connectivity index (χ4n) is 2.69. The molecule has 0 bridgehead atoms. The summed E-state index contributed by atoms with van der Waals surface area (Å²) < 4.78 is 0. The summed E-state index contributed by atoms with van der Waals surface area (Å²) >= 11 is 0. The largest absolute Gasteiger partial charge is 0.488 e. The fourth-order valence-corrected chi connectivity index (χ4v) is 2.69. The number of rotatable bonds is 3. The van der Waals surface area contributed by atoms with Crippen LogP contribution in [0.5, 0.6) is 0 Å². The average molecular weight is 262 g/mol. The molecule has 1 saturated heterocycles. The van der Waals surface area contributed by atoms with Gasteiger partial charge < -0.3 is 14.9 Å². The van der Waals surface area contributed by atoms with Crippen molar-refractivity contribution in [3.63, 3.8) is 0 Å². The Hall–Kier alpha value is -0.875. The van der Waals surface area contributed by atoms with Gasteiger partial charge in [-0.2, -0.15) is 0 Å². The van der Waals surface area contributed by atoms with E-state index in [0.717, 1.165) is 26.2 Å². The van der Waals surface area contributed by atoms with E-state index in [1.165, 1.54) is 12.0 Å². The Morgan fingerprint density at radius 3 is 2.53 bits per heavy atom. The first-order valence-electron chi connectivity index (χ1n) is 6.94. The summed E-state index contributed by atoms with van der Waals surface area (Å²) in [6.07, 6.45) is 1.20. The van der Waals surface area contributed by atoms with E-state index in [1.54, 1.807) is 12.1 Å². The summed E-state index contributed by atoms with van der Waals surface area (Å²) in [5.41, 5.74) is 1.77. The van der Waals surface area contributed by atoms with Gasteiger partial charge >= 0.3 is 7.12 Å². The van der Waals surface area contributed by atoms with Crippen LogP contribution >= 0.6 is 0 Å². The molecule has 1 aliphatic rings. The SMILES string of the molecule is CC1CN(C)CCCN1Cc1ccc(B(O)O)cc1. The molecule has 2 rings (SSSR count). The molecule has 1 aliphatic heterocycles. The predicted molar refractivity (Wildman–Crippen MR) is 78.3 cm³/mol. The minimum absolute atomic E-state index is 0.549. The van der Waals surface area contributed by atoms with Crippen molar-refractivity contribution in [3.05, 3.63) is 29.8 Å². The van der Waals surface area contributed by atoms with Crippen LogP contribution in [0.15, 0.2) is 24.3 Å². The van der Waals surface area contributed by atoms with Crippen molar-refractivity contribution in [3.8, 4) is 0 Å². The van der Waals surface area contributed by atoms with Crippen molar-refractivity contribution >= 4 is 12.6 Å². The van der Waals surface area contributed by atoms with Gasteiger partial charge in [-0.15, -0.1) is 0 Å². The number of benzene rings is 1. The number of likely N-dealkylation sites (N-methyl/N-ethyl adjacent to an activating group) is 1. The van der Waals surface area contributed by atoms with Crippen LogP contribution in [-0.4, -0.2) is 59.7 Å². The number of nitrogens with zero attached hydrogens (tertiary/aromatic N) is 2.